The summed E-state index contributed by atoms with van der Waals surface area (Å²) in [4.78, 5) is 0. The van der Waals surface area contributed by atoms with Crippen LogP contribution in [0.3, 0.4) is 0 Å². The summed E-state index contributed by atoms with van der Waals surface area (Å²) in [6, 6.07) is 6.12. The van der Waals surface area contributed by atoms with Crippen LogP contribution in [0.4, 0.5) is 0 Å². The van der Waals surface area contributed by atoms with E-state index in [1.54, 1.807) is 0 Å². The van der Waals surface area contributed by atoms with Crippen molar-refractivity contribution in [2.45, 2.75) is 187 Å². The summed E-state index contributed by atoms with van der Waals surface area (Å²) >= 11 is 0. The third kappa shape index (κ3) is 7.93. The molecule has 1 aromatic rings. The van der Waals surface area contributed by atoms with Crippen LogP contribution in [-0.2, 0) is 6.42 Å². The fraction of sp³-hybridized carbons (Fsp3) is 0.846. The molecular weight excluding hydrogens is 500 g/mol. The van der Waals surface area contributed by atoms with Crippen LogP contribution in [0.2, 0.25) is 0 Å². The number of phenols is 1. The minimum Gasteiger partial charge on any atom is -0.508 e. The van der Waals surface area contributed by atoms with Gasteiger partial charge in [0.05, 0.1) is 5.60 Å². The van der Waals surface area contributed by atoms with Gasteiger partial charge >= 0.3 is 0 Å². The third-order valence-electron chi connectivity index (χ3n) is 12.7. The molecule has 0 amide bonds. The van der Waals surface area contributed by atoms with Crippen LogP contribution in [-0.4, -0.2) is 15.8 Å². The molecule has 0 aromatic heterocycles. The minimum atomic E-state index is -0.487. The van der Waals surface area contributed by atoms with Crippen LogP contribution in [0.1, 0.15) is 186 Å². The molecule has 4 rings (SSSR count). The molecule has 0 radical (unpaired) electrons. The second-order valence-electron chi connectivity index (χ2n) is 15.5. The lowest BCUT2D eigenvalue weighted by Crippen LogP contribution is -2.50. The van der Waals surface area contributed by atoms with E-state index in [0.29, 0.717) is 28.9 Å². The van der Waals surface area contributed by atoms with Crippen LogP contribution >= 0.6 is 0 Å². The summed E-state index contributed by atoms with van der Waals surface area (Å²) in [6.45, 7) is 9.69. The second kappa shape index (κ2) is 15.1. The van der Waals surface area contributed by atoms with E-state index in [2.05, 4.69) is 33.8 Å². The number of benzene rings is 1. The molecule has 2 nitrogen and oxygen atoms in total. The Kier molecular flexibility index (Phi) is 12.1. The molecule has 2 fully saturated rings. The van der Waals surface area contributed by atoms with E-state index in [1.165, 1.54) is 133 Å². The number of rotatable bonds is 18. The maximum absolute atomic E-state index is 12.3. The van der Waals surface area contributed by atoms with Gasteiger partial charge in [-0.3, -0.25) is 0 Å². The van der Waals surface area contributed by atoms with Crippen molar-refractivity contribution in [2.24, 2.45) is 22.7 Å². The number of hydrogen-bond donors (Lipinski definition) is 2. The van der Waals surface area contributed by atoms with Gasteiger partial charge < -0.3 is 10.2 Å². The van der Waals surface area contributed by atoms with Crippen molar-refractivity contribution < 1.29 is 10.2 Å². The summed E-state index contributed by atoms with van der Waals surface area (Å²) in [5, 5.41) is 22.4. The van der Waals surface area contributed by atoms with E-state index in [-0.39, 0.29) is 5.41 Å². The lowest BCUT2D eigenvalue weighted by molar-refractivity contribution is -0.109. The Bertz CT molecular complexity index is 906. The molecule has 0 spiro atoms. The van der Waals surface area contributed by atoms with Gasteiger partial charge in [-0.25, -0.2) is 0 Å². The number of fused-ring (bicyclic) bond motifs is 5. The summed E-state index contributed by atoms with van der Waals surface area (Å²) in [5.41, 5.74) is 2.90. The van der Waals surface area contributed by atoms with Gasteiger partial charge in [0.1, 0.15) is 5.75 Å². The third-order valence-corrected chi connectivity index (χ3v) is 12.7. The molecule has 2 saturated carbocycles. The van der Waals surface area contributed by atoms with E-state index >= 15 is 0 Å². The van der Waals surface area contributed by atoms with Gasteiger partial charge in [0.2, 0.25) is 0 Å². The molecule has 5 atom stereocenters. The monoisotopic (exact) mass is 567 g/mol. The molecule has 41 heavy (non-hydrogen) atoms. The molecule has 234 valence electrons. The maximum Gasteiger partial charge on any atom is 0.115 e. The lowest BCUT2D eigenvalue weighted by Gasteiger charge is -2.53. The van der Waals surface area contributed by atoms with Crippen LogP contribution < -0.4 is 0 Å². The first kappa shape index (κ1) is 32.9. The topological polar surface area (TPSA) is 40.5 Å². The molecule has 0 bridgehead atoms. The largest absolute Gasteiger partial charge is 0.508 e. The Hall–Kier alpha value is -1.02. The summed E-state index contributed by atoms with van der Waals surface area (Å²) in [5.74, 6) is 2.38. The molecule has 3 aliphatic carbocycles. The predicted molar refractivity (Wildman–Crippen MR) is 176 cm³/mol. The maximum atomic E-state index is 12.3. The Balaban J connectivity index is 1.33. The number of aliphatic hydroxyl groups is 1. The first-order valence-corrected chi connectivity index (χ1v) is 18.3. The molecule has 3 aliphatic rings. The van der Waals surface area contributed by atoms with Crippen molar-refractivity contribution in [3.63, 3.8) is 0 Å². The lowest BCUT2D eigenvalue weighted by atomic mass is 9.53. The van der Waals surface area contributed by atoms with E-state index < -0.39 is 5.60 Å². The van der Waals surface area contributed by atoms with Gasteiger partial charge in [-0.1, -0.05) is 117 Å². The number of aromatic hydroxyl groups is 1. The Labute approximate surface area is 254 Å². The summed E-state index contributed by atoms with van der Waals surface area (Å²) < 4.78 is 0. The van der Waals surface area contributed by atoms with Gasteiger partial charge in [-0.2, -0.15) is 0 Å². The number of unbranched alkanes of at least 4 members (excludes halogenated alkanes) is 10. The zero-order valence-electron chi connectivity index (χ0n) is 27.6. The van der Waals surface area contributed by atoms with Crippen molar-refractivity contribution in [2.75, 3.05) is 0 Å². The molecule has 3 unspecified atom stereocenters. The zero-order chi connectivity index (χ0) is 29.3. The van der Waals surface area contributed by atoms with Crippen LogP contribution in [0.25, 0.3) is 0 Å². The van der Waals surface area contributed by atoms with Crippen LogP contribution in [0.5, 0.6) is 5.75 Å². The predicted octanol–water partition coefficient (Wildman–Crippen LogP) is 11.7. The van der Waals surface area contributed by atoms with E-state index in [4.69, 9.17) is 0 Å². The molecule has 0 heterocycles. The quantitative estimate of drug-likeness (QED) is 0.173. The fourth-order valence-corrected chi connectivity index (χ4v) is 9.94. The average Bonchev–Trinajstić information content (AvgIpc) is 3.22. The smallest absolute Gasteiger partial charge is 0.115 e. The van der Waals surface area contributed by atoms with E-state index in [1.807, 2.05) is 12.1 Å². The molecule has 0 aliphatic heterocycles. The number of phenolic OH excluding ortho intramolecular Hbond substituents is 1. The van der Waals surface area contributed by atoms with Crippen molar-refractivity contribution in [1.29, 1.82) is 0 Å². The van der Waals surface area contributed by atoms with Gasteiger partial charge in [0.15, 0.2) is 0 Å². The van der Waals surface area contributed by atoms with Gasteiger partial charge in [0.25, 0.3) is 0 Å². The number of hydrogen-bond acceptors (Lipinski definition) is 2. The standard InChI is InChI=1S/C39H66O2/c1-5-7-9-11-13-15-24-37(3,25-16-14-12-10-8-6-2)26-17-27-39(41)29-23-36-35-20-18-31-30-32(40)19-21-33(31)34(35)22-28-38(36,39)4/h19,21,30,34-36,40-41H,5-18,20,22-29H2,1-4H3/t34?,35?,36?,38-,39-/m0/s1. The van der Waals surface area contributed by atoms with E-state index in [9.17, 15) is 10.2 Å². The SMILES string of the molecule is CCCCCCCCC(C)(CCCCCCCC)CCC[C@]1(O)CCC2C3CCc4cc(O)ccc4C3CC[C@@]21C. The summed E-state index contributed by atoms with van der Waals surface area (Å²) in [6.07, 6.45) is 29.8. The Morgan fingerprint density at radius 1 is 0.780 bits per heavy atom. The van der Waals surface area contributed by atoms with Crippen molar-refractivity contribution in [3.8, 4) is 5.75 Å². The minimum absolute atomic E-state index is 0.0670. The highest BCUT2D eigenvalue weighted by atomic mass is 16.3. The van der Waals surface area contributed by atoms with Crippen molar-refractivity contribution >= 4 is 0 Å². The van der Waals surface area contributed by atoms with Gasteiger partial charge in [0, 0.05) is 0 Å². The van der Waals surface area contributed by atoms with Gasteiger partial charge in [-0.05, 0) is 116 Å². The number of aryl methyl sites for hydroxylation is 1. The Morgan fingerprint density at radius 3 is 2.05 bits per heavy atom. The Morgan fingerprint density at radius 2 is 1.39 bits per heavy atom. The van der Waals surface area contributed by atoms with Crippen LogP contribution in [0.15, 0.2) is 18.2 Å². The highest BCUT2D eigenvalue weighted by Gasteiger charge is 2.61. The van der Waals surface area contributed by atoms with Crippen molar-refractivity contribution in [3.05, 3.63) is 29.3 Å². The first-order valence-electron chi connectivity index (χ1n) is 18.3. The van der Waals surface area contributed by atoms with E-state index in [0.717, 1.165) is 25.7 Å². The molecule has 2 heteroatoms. The summed E-state index contributed by atoms with van der Waals surface area (Å²) in [7, 11) is 0. The average molecular weight is 567 g/mol. The normalized spacial score (nSPS) is 29.2. The molecule has 0 saturated heterocycles. The second-order valence-corrected chi connectivity index (χ2v) is 15.5. The zero-order valence-corrected chi connectivity index (χ0v) is 27.6. The molecule has 1 aromatic carbocycles. The first-order chi connectivity index (χ1) is 19.8. The highest BCUT2D eigenvalue weighted by molar-refractivity contribution is 5.40. The molecule has 2 N–H and O–H groups in total. The van der Waals surface area contributed by atoms with Gasteiger partial charge in [-0.15, -0.1) is 0 Å². The van der Waals surface area contributed by atoms with Crippen LogP contribution in [0, 0.1) is 22.7 Å². The highest BCUT2D eigenvalue weighted by Crippen LogP contribution is 2.65. The fourth-order valence-electron chi connectivity index (χ4n) is 9.94. The molecular formula is C39H66O2. The van der Waals surface area contributed by atoms with Crippen molar-refractivity contribution in [1.82, 2.24) is 0 Å².